The third kappa shape index (κ3) is 4.51. The zero-order valence-electron chi connectivity index (χ0n) is 16.3. The summed E-state index contributed by atoms with van der Waals surface area (Å²) in [5, 5.41) is 10.9. The molecule has 0 saturated carbocycles. The lowest BCUT2D eigenvalue weighted by molar-refractivity contribution is 0.499. The van der Waals surface area contributed by atoms with Crippen LogP contribution in [-0.2, 0) is 0 Å². The van der Waals surface area contributed by atoms with Gasteiger partial charge in [0, 0.05) is 34.9 Å². The minimum absolute atomic E-state index is 0.593. The van der Waals surface area contributed by atoms with Gasteiger partial charge in [0.2, 0.25) is 0 Å². The minimum Gasteiger partial charge on any atom is -0.398 e. The number of benzene rings is 1. The van der Waals surface area contributed by atoms with Crippen molar-refractivity contribution in [1.82, 2.24) is 0 Å². The SMILES string of the molecule is C=CN=C(Nc1ccc(N)c(C=N)c1)C(=C(C)C)C1=C(C)CC(C)CC1. The molecule has 0 radical (unpaired) electrons. The number of nitrogen functional groups attached to an aromatic ring is 1. The largest absolute Gasteiger partial charge is 0.398 e. The highest BCUT2D eigenvalue weighted by molar-refractivity contribution is 6.12. The number of nitrogens with zero attached hydrogens (tertiary/aromatic N) is 1. The topological polar surface area (TPSA) is 74.3 Å². The molecule has 4 nitrogen and oxygen atoms in total. The van der Waals surface area contributed by atoms with Crippen molar-refractivity contribution in [3.8, 4) is 0 Å². The smallest absolute Gasteiger partial charge is 0.137 e. The summed E-state index contributed by atoms with van der Waals surface area (Å²) in [5.74, 6) is 1.53. The summed E-state index contributed by atoms with van der Waals surface area (Å²) in [5.41, 5.74) is 13.3. The molecule has 4 N–H and O–H groups in total. The molecule has 4 heteroatoms. The standard InChI is InChI=1S/C22H30N4/c1-6-25-22(26-18-8-10-20(24)17(12-18)13-23)21(14(2)3)19-9-7-15(4)11-16(19)5/h6,8,10,12-13,15,23H,1,7,9,11,24H2,2-5H3,(H,25,26). The van der Waals surface area contributed by atoms with E-state index in [1.165, 1.54) is 34.9 Å². The highest BCUT2D eigenvalue weighted by atomic mass is 15.0. The number of nitrogens with one attached hydrogen (secondary N) is 2. The Balaban J connectivity index is 2.46. The summed E-state index contributed by atoms with van der Waals surface area (Å²) in [4.78, 5) is 4.54. The maximum Gasteiger partial charge on any atom is 0.137 e. The van der Waals surface area contributed by atoms with Gasteiger partial charge < -0.3 is 16.5 Å². The van der Waals surface area contributed by atoms with E-state index in [9.17, 15) is 0 Å². The number of nitrogens with two attached hydrogens (primary N) is 1. The van der Waals surface area contributed by atoms with Gasteiger partial charge in [-0.05, 0) is 69.7 Å². The second kappa shape index (κ2) is 8.65. The van der Waals surface area contributed by atoms with Crippen LogP contribution in [0.25, 0.3) is 0 Å². The Morgan fingerprint density at radius 2 is 2.12 bits per heavy atom. The maximum absolute atomic E-state index is 7.51. The van der Waals surface area contributed by atoms with Gasteiger partial charge in [0.1, 0.15) is 5.84 Å². The second-order valence-corrected chi connectivity index (χ2v) is 7.26. The highest BCUT2D eigenvalue weighted by Crippen LogP contribution is 2.35. The summed E-state index contributed by atoms with van der Waals surface area (Å²) in [7, 11) is 0. The van der Waals surface area contributed by atoms with Gasteiger partial charge in [0.15, 0.2) is 0 Å². The van der Waals surface area contributed by atoms with E-state index < -0.39 is 0 Å². The number of rotatable bonds is 5. The van der Waals surface area contributed by atoms with E-state index >= 15 is 0 Å². The molecule has 2 rings (SSSR count). The fourth-order valence-electron chi connectivity index (χ4n) is 3.54. The van der Waals surface area contributed by atoms with Crippen LogP contribution < -0.4 is 11.1 Å². The van der Waals surface area contributed by atoms with E-state index in [0.717, 1.165) is 30.3 Å². The van der Waals surface area contributed by atoms with Crippen molar-refractivity contribution < 1.29 is 0 Å². The molecule has 0 spiro atoms. The van der Waals surface area contributed by atoms with Crippen molar-refractivity contribution in [3.05, 3.63) is 58.8 Å². The van der Waals surface area contributed by atoms with Gasteiger partial charge in [-0.15, -0.1) is 0 Å². The molecule has 1 aliphatic rings. The summed E-state index contributed by atoms with van der Waals surface area (Å²) in [6.45, 7) is 12.6. The van der Waals surface area contributed by atoms with Crippen molar-refractivity contribution >= 4 is 23.4 Å². The van der Waals surface area contributed by atoms with Crippen LogP contribution >= 0.6 is 0 Å². The van der Waals surface area contributed by atoms with Gasteiger partial charge in [-0.1, -0.05) is 24.6 Å². The Bertz CT molecular complexity index is 792. The zero-order chi connectivity index (χ0) is 19.3. The first-order chi connectivity index (χ1) is 12.4. The summed E-state index contributed by atoms with van der Waals surface area (Å²) >= 11 is 0. The van der Waals surface area contributed by atoms with Crippen molar-refractivity contribution in [2.24, 2.45) is 10.9 Å². The van der Waals surface area contributed by atoms with Crippen LogP contribution in [0, 0.1) is 11.3 Å². The first-order valence-electron chi connectivity index (χ1n) is 9.10. The van der Waals surface area contributed by atoms with Crippen LogP contribution in [0.4, 0.5) is 11.4 Å². The molecule has 0 bridgehead atoms. The van der Waals surface area contributed by atoms with Gasteiger partial charge in [0.25, 0.3) is 0 Å². The van der Waals surface area contributed by atoms with E-state index in [-0.39, 0.29) is 0 Å². The molecule has 0 amide bonds. The lowest BCUT2D eigenvalue weighted by atomic mass is 9.81. The molecule has 26 heavy (non-hydrogen) atoms. The van der Waals surface area contributed by atoms with Crippen LogP contribution in [0.1, 0.15) is 52.5 Å². The van der Waals surface area contributed by atoms with Gasteiger partial charge >= 0.3 is 0 Å². The van der Waals surface area contributed by atoms with Crippen LogP contribution in [0.5, 0.6) is 0 Å². The molecule has 0 heterocycles. The molecule has 0 aliphatic heterocycles. The molecule has 0 aromatic heterocycles. The van der Waals surface area contributed by atoms with Gasteiger partial charge in [-0.3, -0.25) is 0 Å². The first-order valence-corrected chi connectivity index (χ1v) is 9.10. The quantitative estimate of drug-likeness (QED) is 0.362. The molecule has 1 atom stereocenters. The van der Waals surface area contributed by atoms with E-state index in [1.807, 2.05) is 18.2 Å². The lowest BCUT2D eigenvalue weighted by Gasteiger charge is -2.27. The molecular weight excluding hydrogens is 320 g/mol. The molecule has 1 aromatic carbocycles. The van der Waals surface area contributed by atoms with E-state index in [1.54, 1.807) is 6.20 Å². The Hall–Kier alpha value is -2.62. The normalized spacial score (nSPS) is 17.7. The van der Waals surface area contributed by atoms with E-state index in [4.69, 9.17) is 11.1 Å². The Morgan fingerprint density at radius 1 is 1.38 bits per heavy atom. The molecule has 0 saturated heterocycles. The minimum atomic E-state index is 0.593. The van der Waals surface area contributed by atoms with Crippen LogP contribution in [0.3, 0.4) is 0 Å². The molecular formula is C22H30N4. The first kappa shape index (κ1) is 19.7. The van der Waals surface area contributed by atoms with Crippen molar-refractivity contribution in [2.75, 3.05) is 11.1 Å². The third-order valence-corrected chi connectivity index (χ3v) is 4.82. The number of hydrogen-bond donors (Lipinski definition) is 3. The fraction of sp³-hybridized carbons (Fsp3) is 0.364. The lowest BCUT2D eigenvalue weighted by Crippen LogP contribution is -2.20. The maximum atomic E-state index is 7.51. The number of amidine groups is 1. The van der Waals surface area contributed by atoms with Crippen molar-refractivity contribution in [1.29, 1.82) is 5.41 Å². The van der Waals surface area contributed by atoms with E-state index in [0.29, 0.717) is 11.3 Å². The van der Waals surface area contributed by atoms with Crippen molar-refractivity contribution in [2.45, 2.75) is 47.0 Å². The van der Waals surface area contributed by atoms with Crippen molar-refractivity contribution in [3.63, 3.8) is 0 Å². The highest BCUT2D eigenvalue weighted by Gasteiger charge is 2.22. The van der Waals surface area contributed by atoms with Gasteiger partial charge in [-0.25, -0.2) is 4.99 Å². The fourth-order valence-corrected chi connectivity index (χ4v) is 3.54. The summed E-state index contributed by atoms with van der Waals surface area (Å²) in [6, 6.07) is 5.59. The Morgan fingerprint density at radius 3 is 2.69 bits per heavy atom. The molecule has 0 fully saturated rings. The van der Waals surface area contributed by atoms with Crippen LogP contribution in [0.15, 0.2) is 58.3 Å². The number of allylic oxidation sites excluding steroid dienone is 2. The molecule has 138 valence electrons. The number of anilines is 2. The summed E-state index contributed by atoms with van der Waals surface area (Å²) in [6.07, 6.45) is 6.24. The molecule has 1 unspecified atom stereocenters. The Kier molecular flexibility index (Phi) is 6.56. The predicted molar refractivity (Wildman–Crippen MR) is 114 cm³/mol. The monoisotopic (exact) mass is 350 g/mol. The summed E-state index contributed by atoms with van der Waals surface area (Å²) < 4.78 is 0. The van der Waals surface area contributed by atoms with Gasteiger partial charge in [-0.2, -0.15) is 0 Å². The van der Waals surface area contributed by atoms with E-state index in [2.05, 4.69) is 44.6 Å². The third-order valence-electron chi connectivity index (χ3n) is 4.82. The number of hydrogen-bond acceptors (Lipinski definition) is 3. The average molecular weight is 351 g/mol. The van der Waals surface area contributed by atoms with Crippen LogP contribution in [0.2, 0.25) is 0 Å². The molecule has 1 aliphatic carbocycles. The Labute approximate surface area is 157 Å². The van der Waals surface area contributed by atoms with Gasteiger partial charge in [0.05, 0.1) is 0 Å². The molecule has 1 aromatic rings. The second-order valence-electron chi connectivity index (χ2n) is 7.26. The number of aliphatic imine (C=N–C) groups is 1. The average Bonchev–Trinajstić information content (AvgIpc) is 2.58. The van der Waals surface area contributed by atoms with Crippen LogP contribution in [-0.4, -0.2) is 12.1 Å². The zero-order valence-corrected chi connectivity index (χ0v) is 16.3. The predicted octanol–water partition coefficient (Wildman–Crippen LogP) is 5.69.